The summed E-state index contributed by atoms with van der Waals surface area (Å²) < 4.78 is 4.95. The van der Waals surface area contributed by atoms with E-state index in [4.69, 9.17) is 4.74 Å². The second-order valence-electron chi connectivity index (χ2n) is 8.20. The zero-order chi connectivity index (χ0) is 25.3. The molecule has 0 atom stereocenters. The van der Waals surface area contributed by atoms with Crippen molar-refractivity contribution in [2.24, 2.45) is 0 Å². The van der Waals surface area contributed by atoms with Crippen LogP contribution in [0.4, 0.5) is 0 Å². The van der Waals surface area contributed by atoms with Crippen LogP contribution in [0.3, 0.4) is 0 Å². The van der Waals surface area contributed by atoms with Crippen molar-refractivity contribution < 1.29 is 49.8 Å². The van der Waals surface area contributed by atoms with Crippen LogP contribution in [0.1, 0.15) is 123 Å². The Kier molecular flexibility index (Phi) is 31.6. The number of rotatable bonds is 30. The van der Waals surface area contributed by atoms with E-state index in [0.29, 0.717) is 0 Å². The first-order valence-electron chi connectivity index (χ1n) is 13.2. The van der Waals surface area contributed by atoms with Crippen LogP contribution in [0.25, 0.3) is 0 Å². The van der Waals surface area contributed by atoms with Gasteiger partial charge in [0.15, 0.2) is 0 Å². The monoisotopic (exact) mass is 508 g/mol. The standard InChI is InChI=1S/C25H48O10/c1-3-5-6-7-8-9-10-11-12-13-14-15-16-17-18-19-20-21-23-27-29-31-33-35-34-32-30-28-25-24-26-22-4-2/h4,21-23H,3,5-20,24-25H2,1-2H3. The molecular formula is C25H48O10. The van der Waals surface area contributed by atoms with Crippen LogP contribution in [-0.2, 0) is 49.8 Å². The molecule has 0 rings (SSSR count). The fraction of sp³-hybridized carbons (Fsp3) is 0.840. The van der Waals surface area contributed by atoms with Crippen molar-refractivity contribution in [1.29, 1.82) is 0 Å². The topological polar surface area (TPSA) is 92.3 Å². The van der Waals surface area contributed by atoms with Gasteiger partial charge in [-0.05, 0) is 41.0 Å². The molecule has 0 saturated carbocycles. The smallest absolute Gasteiger partial charge is 0.129 e. The lowest BCUT2D eigenvalue weighted by molar-refractivity contribution is -0.829. The van der Waals surface area contributed by atoms with E-state index in [9.17, 15) is 0 Å². The van der Waals surface area contributed by atoms with Crippen LogP contribution in [0, 0.1) is 0 Å². The first-order valence-corrected chi connectivity index (χ1v) is 13.2. The summed E-state index contributed by atoms with van der Waals surface area (Å²) in [4.78, 5) is 9.06. The van der Waals surface area contributed by atoms with E-state index in [2.05, 4.69) is 52.0 Å². The number of ether oxygens (including phenoxy) is 1. The molecule has 0 aliphatic heterocycles. The predicted octanol–water partition coefficient (Wildman–Crippen LogP) is 8.17. The van der Waals surface area contributed by atoms with Crippen LogP contribution in [-0.4, -0.2) is 13.2 Å². The summed E-state index contributed by atoms with van der Waals surface area (Å²) in [6.07, 6.45) is 29.0. The Bertz CT molecular complexity index is 434. The maximum absolute atomic E-state index is 4.95. The Morgan fingerprint density at radius 3 is 1.51 bits per heavy atom. The zero-order valence-corrected chi connectivity index (χ0v) is 21.8. The van der Waals surface area contributed by atoms with Gasteiger partial charge in [0.25, 0.3) is 0 Å². The molecule has 0 aromatic rings. The minimum atomic E-state index is 0.105. The van der Waals surface area contributed by atoms with Crippen LogP contribution in [0.5, 0.6) is 0 Å². The molecule has 0 amide bonds. The fourth-order valence-electron chi connectivity index (χ4n) is 3.31. The number of allylic oxidation sites excluding steroid dienone is 2. The molecule has 35 heavy (non-hydrogen) atoms. The van der Waals surface area contributed by atoms with Gasteiger partial charge in [0.05, 0.1) is 6.26 Å². The highest BCUT2D eigenvalue weighted by molar-refractivity contribution is 4.71. The number of hydrogen-bond acceptors (Lipinski definition) is 10. The van der Waals surface area contributed by atoms with E-state index >= 15 is 0 Å². The second kappa shape index (κ2) is 32.8. The van der Waals surface area contributed by atoms with Gasteiger partial charge in [-0.3, -0.25) is 0 Å². The molecule has 0 N–H and O–H groups in total. The first-order chi connectivity index (χ1) is 17.4. The second-order valence-corrected chi connectivity index (χ2v) is 8.20. The van der Waals surface area contributed by atoms with Gasteiger partial charge in [-0.1, -0.05) is 109 Å². The third-order valence-electron chi connectivity index (χ3n) is 5.15. The van der Waals surface area contributed by atoms with E-state index in [1.54, 1.807) is 6.08 Å². The summed E-state index contributed by atoms with van der Waals surface area (Å²) in [6.45, 7) is 4.47. The lowest BCUT2D eigenvalue weighted by atomic mass is 10.0. The summed E-state index contributed by atoms with van der Waals surface area (Å²) in [5.74, 6) is 0. The van der Waals surface area contributed by atoms with Crippen molar-refractivity contribution in [2.45, 2.75) is 123 Å². The van der Waals surface area contributed by atoms with Gasteiger partial charge in [-0.2, -0.15) is 0 Å². The maximum atomic E-state index is 4.95. The SMILES string of the molecule is CC=COCCOOOOOOOOOC=CCCCCCCCCCCCCCCCCCC. The summed E-state index contributed by atoms with van der Waals surface area (Å²) >= 11 is 0. The first kappa shape index (κ1) is 33.8. The molecule has 0 bridgehead atoms. The molecule has 208 valence electrons. The summed E-state index contributed by atoms with van der Waals surface area (Å²) in [7, 11) is 0. The minimum absolute atomic E-state index is 0.105. The lowest BCUT2D eigenvalue weighted by Crippen LogP contribution is -2.05. The Labute approximate surface area is 211 Å². The Hall–Kier alpha value is -1.24. The van der Waals surface area contributed by atoms with Crippen molar-refractivity contribution in [3.63, 3.8) is 0 Å². The molecule has 0 aliphatic carbocycles. The molecule has 10 heteroatoms. The maximum Gasteiger partial charge on any atom is 0.129 e. The van der Waals surface area contributed by atoms with E-state index in [1.807, 2.05) is 13.0 Å². The Morgan fingerprint density at radius 2 is 0.971 bits per heavy atom. The average molecular weight is 509 g/mol. The van der Waals surface area contributed by atoms with E-state index in [-0.39, 0.29) is 13.2 Å². The van der Waals surface area contributed by atoms with Gasteiger partial charge in [-0.15, -0.1) is 0 Å². The van der Waals surface area contributed by atoms with Crippen molar-refractivity contribution >= 4 is 0 Å². The summed E-state index contributed by atoms with van der Waals surface area (Å²) in [6, 6.07) is 0. The van der Waals surface area contributed by atoms with Gasteiger partial charge in [-0.25, -0.2) is 4.89 Å². The summed E-state index contributed by atoms with van der Waals surface area (Å²) in [5.41, 5.74) is 0. The van der Waals surface area contributed by atoms with Gasteiger partial charge in [0, 0.05) is 20.2 Å². The van der Waals surface area contributed by atoms with Crippen LogP contribution < -0.4 is 0 Å². The molecule has 0 radical (unpaired) electrons. The molecule has 0 saturated heterocycles. The van der Waals surface area contributed by atoms with Gasteiger partial charge < -0.3 is 9.62 Å². The van der Waals surface area contributed by atoms with Crippen molar-refractivity contribution in [3.05, 3.63) is 24.7 Å². The van der Waals surface area contributed by atoms with Gasteiger partial charge in [0.1, 0.15) is 19.5 Å². The van der Waals surface area contributed by atoms with Crippen LogP contribution in [0.15, 0.2) is 24.7 Å². The highest BCUT2D eigenvalue weighted by Crippen LogP contribution is 2.14. The average Bonchev–Trinajstić information content (AvgIpc) is 2.87. The highest BCUT2D eigenvalue weighted by Gasteiger charge is 1.97. The van der Waals surface area contributed by atoms with E-state index in [1.165, 1.54) is 109 Å². The van der Waals surface area contributed by atoms with E-state index < -0.39 is 0 Å². The predicted molar refractivity (Wildman–Crippen MR) is 129 cm³/mol. The fourth-order valence-corrected chi connectivity index (χ4v) is 3.31. The quantitative estimate of drug-likeness (QED) is 0.0409. The largest absolute Gasteiger partial charge is 0.499 e. The number of hydrogen-bond donors (Lipinski definition) is 0. The molecular weight excluding hydrogens is 460 g/mol. The van der Waals surface area contributed by atoms with Crippen molar-refractivity contribution in [3.8, 4) is 0 Å². The minimum Gasteiger partial charge on any atom is -0.499 e. The molecule has 0 heterocycles. The van der Waals surface area contributed by atoms with E-state index in [0.717, 1.165) is 12.8 Å². The Balaban J connectivity index is 3.08. The normalized spacial score (nSPS) is 11.7. The molecule has 0 aromatic carbocycles. The molecule has 0 aromatic heterocycles. The van der Waals surface area contributed by atoms with Gasteiger partial charge in [0.2, 0.25) is 0 Å². The number of unbranched alkanes of at least 4 members (excludes halogenated alkanes) is 16. The highest BCUT2D eigenvalue weighted by atomic mass is 17.9. The van der Waals surface area contributed by atoms with Crippen LogP contribution in [0.2, 0.25) is 0 Å². The molecule has 0 unspecified atom stereocenters. The molecule has 0 spiro atoms. The molecule has 0 aliphatic rings. The Morgan fingerprint density at radius 1 is 0.486 bits per heavy atom. The van der Waals surface area contributed by atoms with Crippen LogP contribution >= 0.6 is 0 Å². The van der Waals surface area contributed by atoms with Crippen molar-refractivity contribution in [2.75, 3.05) is 13.2 Å². The van der Waals surface area contributed by atoms with Crippen molar-refractivity contribution in [1.82, 2.24) is 0 Å². The summed E-state index contributed by atoms with van der Waals surface area (Å²) in [5, 5.41) is 28.0. The third kappa shape index (κ3) is 32.8. The molecule has 0 fully saturated rings. The lowest BCUT2D eigenvalue weighted by Gasteiger charge is -2.03. The third-order valence-corrected chi connectivity index (χ3v) is 5.15. The zero-order valence-electron chi connectivity index (χ0n) is 21.8. The van der Waals surface area contributed by atoms with Gasteiger partial charge >= 0.3 is 0 Å². The molecule has 10 nitrogen and oxygen atoms in total.